The van der Waals surface area contributed by atoms with E-state index in [1.165, 1.54) is 0 Å². The number of carbonyl (C=O) groups is 4. The third-order valence-electron chi connectivity index (χ3n) is 5.45. The molecule has 8 heteroatoms. The molecule has 2 aliphatic heterocycles. The first-order valence-electron chi connectivity index (χ1n) is 9.66. The molecule has 2 heterocycles. The Hall–Kier alpha value is -2.90. The summed E-state index contributed by atoms with van der Waals surface area (Å²) in [5, 5.41) is 2.77. The van der Waals surface area contributed by atoms with Crippen LogP contribution >= 0.6 is 0 Å². The van der Waals surface area contributed by atoms with E-state index in [1.54, 1.807) is 9.80 Å². The number of para-hydroxylation sites is 1. The summed E-state index contributed by atoms with van der Waals surface area (Å²) < 4.78 is 0. The molecule has 1 aromatic rings. The van der Waals surface area contributed by atoms with E-state index in [2.05, 4.69) is 5.32 Å². The van der Waals surface area contributed by atoms with Crippen molar-refractivity contribution in [3.05, 3.63) is 30.3 Å². The highest BCUT2D eigenvalue weighted by Crippen LogP contribution is 2.24. The molecule has 0 bridgehead atoms. The molecule has 1 atom stereocenters. The Bertz CT molecular complexity index is 744. The highest BCUT2D eigenvalue weighted by molar-refractivity contribution is 6.00. The molecular weight excluding hydrogens is 360 g/mol. The SMILES string of the molecule is NC(=O)C1CCN(C(=O)CCNC(=O)[C@@H]2CC(=O)N(c3ccccc3)C2)CC1. The van der Waals surface area contributed by atoms with Gasteiger partial charge in [-0.25, -0.2) is 0 Å². The number of anilines is 1. The molecule has 0 radical (unpaired) electrons. The van der Waals surface area contributed by atoms with E-state index in [-0.39, 0.29) is 48.9 Å². The fourth-order valence-electron chi connectivity index (χ4n) is 3.75. The molecule has 150 valence electrons. The number of carbonyl (C=O) groups excluding carboxylic acids is 4. The molecule has 2 aliphatic rings. The Morgan fingerprint density at radius 1 is 1.07 bits per heavy atom. The van der Waals surface area contributed by atoms with E-state index in [0.717, 1.165) is 5.69 Å². The molecule has 0 aliphatic carbocycles. The second kappa shape index (κ2) is 8.86. The zero-order valence-electron chi connectivity index (χ0n) is 15.8. The molecule has 0 unspecified atom stereocenters. The molecule has 1 aromatic carbocycles. The van der Waals surface area contributed by atoms with Gasteiger partial charge in [0.25, 0.3) is 0 Å². The number of primary amides is 1. The first-order valence-corrected chi connectivity index (χ1v) is 9.66. The average Bonchev–Trinajstić information content (AvgIpc) is 3.10. The Morgan fingerprint density at radius 3 is 2.39 bits per heavy atom. The van der Waals surface area contributed by atoms with E-state index < -0.39 is 5.92 Å². The summed E-state index contributed by atoms with van der Waals surface area (Å²) in [7, 11) is 0. The van der Waals surface area contributed by atoms with Gasteiger partial charge in [-0.05, 0) is 25.0 Å². The van der Waals surface area contributed by atoms with E-state index in [0.29, 0.717) is 32.5 Å². The van der Waals surface area contributed by atoms with Crippen LogP contribution < -0.4 is 16.0 Å². The zero-order chi connectivity index (χ0) is 20.1. The fraction of sp³-hybridized carbons (Fsp3) is 0.500. The average molecular weight is 386 g/mol. The van der Waals surface area contributed by atoms with Crippen LogP contribution in [0.2, 0.25) is 0 Å². The minimum absolute atomic E-state index is 0.0448. The van der Waals surface area contributed by atoms with Crippen LogP contribution in [0.3, 0.4) is 0 Å². The Balaban J connectivity index is 1.41. The first kappa shape index (κ1) is 19.9. The van der Waals surface area contributed by atoms with Crippen molar-refractivity contribution in [1.29, 1.82) is 0 Å². The van der Waals surface area contributed by atoms with Crippen molar-refractivity contribution in [2.24, 2.45) is 17.6 Å². The van der Waals surface area contributed by atoms with Crippen LogP contribution in [0.25, 0.3) is 0 Å². The molecule has 0 aromatic heterocycles. The molecule has 2 fully saturated rings. The van der Waals surface area contributed by atoms with Gasteiger partial charge in [-0.3, -0.25) is 19.2 Å². The van der Waals surface area contributed by atoms with Crippen LogP contribution in [-0.2, 0) is 19.2 Å². The molecule has 8 nitrogen and oxygen atoms in total. The molecule has 3 N–H and O–H groups in total. The van der Waals surface area contributed by atoms with Crippen LogP contribution in [0, 0.1) is 11.8 Å². The van der Waals surface area contributed by atoms with Gasteiger partial charge in [0.2, 0.25) is 23.6 Å². The number of likely N-dealkylation sites (tertiary alicyclic amines) is 1. The topological polar surface area (TPSA) is 113 Å². The quantitative estimate of drug-likeness (QED) is 0.731. The van der Waals surface area contributed by atoms with Gasteiger partial charge in [0.1, 0.15) is 0 Å². The fourth-order valence-corrected chi connectivity index (χ4v) is 3.75. The van der Waals surface area contributed by atoms with Crippen molar-refractivity contribution in [2.75, 3.05) is 31.1 Å². The summed E-state index contributed by atoms with van der Waals surface area (Å²) in [5.74, 6) is -1.19. The molecule has 0 spiro atoms. The van der Waals surface area contributed by atoms with Crippen LogP contribution in [0.15, 0.2) is 30.3 Å². The lowest BCUT2D eigenvalue weighted by Crippen LogP contribution is -2.43. The summed E-state index contributed by atoms with van der Waals surface area (Å²) in [5.41, 5.74) is 6.09. The lowest BCUT2D eigenvalue weighted by Gasteiger charge is -2.30. The van der Waals surface area contributed by atoms with Gasteiger partial charge in [-0.1, -0.05) is 18.2 Å². The lowest BCUT2D eigenvalue weighted by atomic mass is 9.96. The number of piperidine rings is 1. The number of hydrogen-bond acceptors (Lipinski definition) is 4. The minimum Gasteiger partial charge on any atom is -0.369 e. The maximum Gasteiger partial charge on any atom is 0.227 e. The number of benzene rings is 1. The number of hydrogen-bond donors (Lipinski definition) is 2. The maximum absolute atomic E-state index is 12.4. The number of nitrogens with zero attached hydrogens (tertiary/aromatic N) is 2. The van der Waals surface area contributed by atoms with Gasteiger partial charge in [0, 0.05) is 50.6 Å². The van der Waals surface area contributed by atoms with Crippen molar-refractivity contribution in [1.82, 2.24) is 10.2 Å². The predicted molar refractivity (Wildman–Crippen MR) is 103 cm³/mol. The van der Waals surface area contributed by atoms with E-state index in [1.807, 2.05) is 30.3 Å². The van der Waals surface area contributed by atoms with Gasteiger partial charge >= 0.3 is 0 Å². The van der Waals surface area contributed by atoms with Crippen LogP contribution in [0.4, 0.5) is 5.69 Å². The van der Waals surface area contributed by atoms with E-state index in [4.69, 9.17) is 5.73 Å². The standard InChI is InChI=1S/C20H26N4O4/c21-19(27)14-7-10-23(11-8-14)17(25)6-9-22-20(28)15-12-18(26)24(13-15)16-4-2-1-3-5-16/h1-5,14-15H,6-13H2,(H2,21,27)(H,22,28)/t15-/m1/s1. The van der Waals surface area contributed by atoms with Gasteiger partial charge in [0.05, 0.1) is 5.92 Å². The number of rotatable bonds is 6. The maximum atomic E-state index is 12.4. The van der Waals surface area contributed by atoms with E-state index in [9.17, 15) is 19.2 Å². The molecule has 28 heavy (non-hydrogen) atoms. The summed E-state index contributed by atoms with van der Waals surface area (Å²) in [4.78, 5) is 51.4. The van der Waals surface area contributed by atoms with Crippen molar-refractivity contribution in [3.63, 3.8) is 0 Å². The second-order valence-corrected chi connectivity index (χ2v) is 7.34. The van der Waals surface area contributed by atoms with E-state index >= 15 is 0 Å². The molecule has 2 saturated heterocycles. The van der Waals surface area contributed by atoms with Crippen molar-refractivity contribution >= 4 is 29.3 Å². The van der Waals surface area contributed by atoms with Gasteiger partial charge in [0.15, 0.2) is 0 Å². The smallest absolute Gasteiger partial charge is 0.227 e. The van der Waals surface area contributed by atoms with Gasteiger partial charge < -0.3 is 20.9 Å². The normalized spacial score (nSPS) is 20.3. The van der Waals surface area contributed by atoms with Crippen molar-refractivity contribution in [3.8, 4) is 0 Å². The van der Waals surface area contributed by atoms with Crippen molar-refractivity contribution < 1.29 is 19.2 Å². The molecular formula is C20H26N4O4. The number of nitrogens with one attached hydrogen (secondary N) is 1. The van der Waals surface area contributed by atoms with Crippen LogP contribution in [-0.4, -0.2) is 54.7 Å². The monoisotopic (exact) mass is 386 g/mol. The third kappa shape index (κ3) is 4.68. The lowest BCUT2D eigenvalue weighted by molar-refractivity contribution is -0.135. The summed E-state index contributed by atoms with van der Waals surface area (Å²) >= 11 is 0. The van der Waals surface area contributed by atoms with Gasteiger partial charge in [-0.15, -0.1) is 0 Å². The number of nitrogens with two attached hydrogens (primary N) is 1. The summed E-state index contributed by atoms with van der Waals surface area (Å²) in [6.07, 6.45) is 1.56. The Morgan fingerprint density at radius 2 is 1.75 bits per heavy atom. The van der Waals surface area contributed by atoms with Crippen molar-refractivity contribution in [2.45, 2.75) is 25.7 Å². The molecule has 4 amide bonds. The Kier molecular flexibility index (Phi) is 6.28. The first-order chi connectivity index (χ1) is 13.5. The van der Waals surface area contributed by atoms with Crippen LogP contribution in [0.5, 0.6) is 0 Å². The number of amides is 4. The minimum atomic E-state index is -0.408. The summed E-state index contributed by atoms with van der Waals surface area (Å²) in [6.45, 7) is 1.62. The highest BCUT2D eigenvalue weighted by atomic mass is 16.2. The third-order valence-corrected chi connectivity index (χ3v) is 5.45. The molecule has 3 rings (SSSR count). The van der Waals surface area contributed by atoms with Gasteiger partial charge in [-0.2, -0.15) is 0 Å². The molecule has 0 saturated carbocycles. The predicted octanol–water partition coefficient (Wildman–Crippen LogP) is 0.270. The largest absolute Gasteiger partial charge is 0.369 e. The second-order valence-electron chi connectivity index (χ2n) is 7.34. The zero-order valence-corrected chi connectivity index (χ0v) is 15.8. The summed E-state index contributed by atoms with van der Waals surface area (Å²) in [6, 6.07) is 9.28. The van der Waals surface area contributed by atoms with Crippen LogP contribution in [0.1, 0.15) is 25.7 Å². The highest BCUT2D eigenvalue weighted by Gasteiger charge is 2.35. The Labute approximate surface area is 164 Å².